The predicted molar refractivity (Wildman–Crippen MR) is 70.2 cm³/mol. The fourth-order valence-electron chi connectivity index (χ4n) is 2.16. The first kappa shape index (κ1) is 12.6. The van der Waals surface area contributed by atoms with E-state index in [1.807, 2.05) is 0 Å². The summed E-state index contributed by atoms with van der Waals surface area (Å²) in [7, 11) is 1.75. The van der Waals surface area contributed by atoms with Gasteiger partial charge >= 0.3 is 0 Å². The molecule has 1 aromatic rings. The molecule has 94 valence electrons. The molecule has 17 heavy (non-hydrogen) atoms. The molecule has 0 saturated carbocycles. The van der Waals surface area contributed by atoms with Crippen LogP contribution in [0.3, 0.4) is 0 Å². The van der Waals surface area contributed by atoms with Crippen LogP contribution < -0.4 is 5.32 Å². The summed E-state index contributed by atoms with van der Waals surface area (Å²) in [6.45, 7) is 6.43. The number of nitrogens with zero attached hydrogens (tertiary/aromatic N) is 1. The molecular formula is C14H22N2O. The van der Waals surface area contributed by atoms with E-state index in [0.29, 0.717) is 0 Å². The number of methoxy groups -OCH3 is 1. The van der Waals surface area contributed by atoms with Crippen LogP contribution in [0.2, 0.25) is 0 Å². The second-order valence-electron chi connectivity index (χ2n) is 4.59. The third kappa shape index (κ3) is 4.11. The summed E-state index contributed by atoms with van der Waals surface area (Å²) in [5.41, 5.74) is 2.77. The van der Waals surface area contributed by atoms with Gasteiger partial charge in [-0.3, -0.25) is 4.90 Å². The summed E-state index contributed by atoms with van der Waals surface area (Å²) >= 11 is 0. The van der Waals surface area contributed by atoms with Crippen molar-refractivity contribution in [2.24, 2.45) is 0 Å². The monoisotopic (exact) mass is 234 g/mol. The number of benzene rings is 1. The summed E-state index contributed by atoms with van der Waals surface area (Å²) in [6.07, 6.45) is 1.00. The van der Waals surface area contributed by atoms with Gasteiger partial charge in [-0.05, 0) is 17.5 Å². The first-order chi connectivity index (χ1) is 8.38. The van der Waals surface area contributed by atoms with Gasteiger partial charge in [-0.2, -0.15) is 0 Å². The summed E-state index contributed by atoms with van der Waals surface area (Å²) < 4.78 is 5.08. The Morgan fingerprint density at radius 1 is 1.12 bits per heavy atom. The van der Waals surface area contributed by atoms with Crippen molar-refractivity contribution in [3.05, 3.63) is 35.4 Å². The van der Waals surface area contributed by atoms with Gasteiger partial charge in [0.15, 0.2) is 0 Å². The Morgan fingerprint density at radius 3 is 2.41 bits per heavy atom. The zero-order chi connectivity index (χ0) is 11.9. The lowest BCUT2D eigenvalue weighted by Gasteiger charge is -2.27. The molecule has 0 radical (unpaired) electrons. The van der Waals surface area contributed by atoms with Crippen molar-refractivity contribution in [3.8, 4) is 0 Å². The number of hydrogen-bond donors (Lipinski definition) is 1. The molecule has 1 fully saturated rings. The third-order valence-electron chi connectivity index (χ3n) is 3.23. The Bertz CT molecular complexity index is 317. The van der Waals surface area contributed by atoms with Crippen molar-refractivity contribution in [2.75, 3.05) is 39.9 Å². The fraction of sp³-hybridized carbons (Fsp3) is 0.571. The quantitative estimate of drug-likeness (QED) is 0.830. The van der Waals surface area contributed by atoms with Gasteiger partial charge in [0, 0.05) is 39.8 Å². The number of piperazine rings is 1. The lowest BCUT2D eigenvalue weighted by molar-refractivity contribution is 0.202. The molecule has 0 spiro atoms. The fourth-order valence-corrected chi connectivity index (χ4v) is 2.16. The average Bonchev–Trinajstić information content (AvgIpc) is 2.39. The van der Waals surface area contributed by atoms with Crippen LogP contribution in [0.4, 0.5) is 0 Å². The standard InChI is InChI=1S/C14H22N2O/c1-17-11-6-13-2-4-14(5-3-13)12-16-9-7-15-8-10-16/h2-5,15H,6-12H2,1H3. The van der Waals surface area contributed by atoms with Crippen molar-refractivity contribution >= 4 is 0 Å². The van der Waals surface area contributed by atoms with E-state index >= 15 is 0 Å². The normalized spacial score (nSPS) is 17.2. The Hall–Kier alpha value is -0.900. The van der Waals surface area contributed by atoms with Gasteiger partial charge < -0.3 is 10.1 Å². The summed E-state index contributed by atoms with van der Waals surface area (Å²) in [5, 5.41) is 3.38. The van der Waals surface area contributed by atoms with Crippen LogP contribution in [0.25, 0.3) is 0 Å². The number of ether oxygens (including phenoxy) is 1. The second-order valence-corrected chi connectivity index (χ2v) is 4.59. The largest absolute Gasteiger partial charge is 0.384 e. The molecule has 0 bridgehead atoms. The zero-order valence-electron chi connectivity index (χ0n) is 10.6. The molecule has 2 rings (SSSR count). The Labute approximate surface area is 104 Å². The molecule has 0 aromatic heterocycles. The molecule has 0 atom stereocenters. The summed E-state index contributed by atoms with van der Waals surface area (Å²) in [5.74, 6) is 0. The minimum atomic E-state index is 0.803. The highest BCUT2D eigenvalue weighted by molar-refractivity contribution is 5.22. The maximum absolute atomic E-state index is 5.08. The molecule has 0 amide bonds. The van der Waals surface area contributed by atoms with Gasteiger partial charge in [0.2, 0.25) is 0 Å². The van der Waals surface area contributed by atoms with Crippen molar-refractivity contribution in [1.82, 2.24) is 10.2 Å². The molecule has 1 aliphatic heterocycles. The molecule has 1 N–H and O–H groups in total. The first-order valence-electron chi connectivity index (χ1n) is 6.38. The Morgan fingerprint density at radius 2 is 1.76 bits per heavy atom. The zero-order valence-corrected chi connectivity index (χ0v) is 10.6. The first-order valence-corrected chi connectivity index (χ1v) is 6.38. The third-order valence-corrected chi connectivity index (χ3v) is 3.23. The van der Waals surface area contributed by atoms with Crippen LogP contribution in [0.5, 0.6) is 0 Å². The second kappa shape index (κ2) is 6.74. The minimum Gasteiger partial charge on any atom is -0.384 e. The van der Waals surface area contributed by atoms with Crippen LogP contribution in [0.15, 0.2) is 24.3 Å². The van der Waals surface area contributed by atoms with Crippen molar-refractivity contribution in [3.63, 3.8) is 0 Å². The average molecular weight is 234 g/mol. The molecule has 3 nitrogen and oxygen atoms in total. The van der Waals surface area contributed by atoms with E-state index < -0.39 is 0 Å². The summed E-state index contributed by atoms with van der Waals surface area (Å²) in [6, 6.07) is 8.92. The Kier molecular flexibility index (Phi) is 4.98. The van der Waals surface area contributed by atoms with E-state index in [1.165, 1.54) is 11.1 Å². The number of hydrogen-bond acceptors (Lipinski definition) is 3. The lowest BCUT2D eigenvalue weighted by Crippen LogP contribution is -2.42. The van der Waals surface area contributed by atoms with E-state index in [1.54, 1.807) is 7.11 Å². The van der Waals surface area contributed by atoms with Crippen molar-refractivity contribution in [1.29, 1.82) is 0 Å². The van der Waals surface area contributed by atoms with Gasteiger partial charge in [-0.25, -0.2) is 0 Å². The van der Waals surface area contributed by atoms with E-state index in [4.69, 9.17) is 4.74 Å². The molecule has 0 aliphatic carbocycles. The highest BCUT2D eigenvalue weighted by atomic mass is 16.5. The molecule has 1 aliphatic rings. The molecule has 1 heterocycles. The minimum absolute atomic E-state index is 0.803. The SMILES string of the molecule is COCCc1ccc(CN2CCNCC2)cc1. The molecule has 3 heteroatoms. The molecule has 1 aromatic carbocycles. The van der Waals surface area contributed by atoms with E-state index in [9.17, 15) is 0 Å². The van der Waals surface area contributed by atoms with Crippen LogP contribution in [0.1, 0.15) is 11.1 Å². The lowest BCUT2D eigenvalue weighted by atomic mass is 10.1. The number of nitrogens with one attached hydrogen (secondary N) is 1. The number of rotatable bonds is 5. The summed E-state index contributed by atoms with van der Waals surface area (Å²) in [4.78, 5) is 2.50. The Balaban J connectivity index is 1.84. The van der Waals surface area contributed by atoms with Gasteiger partial charge in [0.1, 0.15) is 0 Å². The van der Waals surface area contributed by atoms with E-state index in [-0.39, 0.29) is 0 Å². The van der Waals surface area contributed by atoms with Gasteiger partial charge in [0.05, 0.1) is 6.61 Å². The van der Waals surface area contributed by atoms with Crippen LogP contribution in [0, 0.1) is 0 Å². The topological polar surface area (TPSA) is 24.5 Å². The van der Waals surface area contributed by atoms with Crippen molar-refractivity contribution in [2.45, 2.75) is 13.0 Å². The van der Waals surface area contributed by atoms with Gasteiger partial charge in [-0.1, -0.05) is 24.3 Å². The van der Waals surface area contributed by atoms with E-state index in [2.05, 4.69) is 34.5 Å². The van der Waals surface area contributed by atoms with E-state index in [0.717, 1.165) is 45.8 Å². The smallest absolute Gasteiger partial charge is 0.0502 e. The molecule has 1 saturated heterocycles. The predicted octanol–water partition coefficient (Wildman–Crippen LogP) is 1.28. The molecular weight excluding hydrogens is 212 g/mol. The maximum atomic E-state index is 5.08. The highest BCUT2D eigenvalue weighted by Crippen LogP contribution is 2.08. The van der Waals surface area contributed by atoms with Gasteiger partial charge in [-0.15, -0.1) is 0 Å². The highest BCUT2D eigenvalue weighted by Gasteiger charge is 2.09. The maximum Gasteiger partial charge on any atom is 0.0502 e. The van der Waals surface area contributed by atoms with Crippen molar-refractivity contribution < 1.29 is 4.74 Å². The van der Waals surface area contributed by atoms with Crippen LogP contribution >= 0.6 is 0 Å². The van der Waals surface area contributed by atoms with Crippen LogP contribution in [-0.2, 0) is 17.7 Å². The molecule has 0 unspecified atom stereocenters. The van der Waals surface area contributed by atoms with Crippen LogP contribution in [-0.4, -0.2) is 44.8 Å². The van der Waals surface area contributed by atoms with Gasteiger partial charge in [0.25, 0.3) is 0 Å².